The molecule has 0 radical (unpaired) electrons. The van der Waals surface area contributed by atoms with Gasteiger partial charge in [0.2, 0.25) is 11.8 Å². The zero-order valence-corrected chi connectivity index (χ0v) is 18.6. The van der Waals surface area contributed by atoms with Crippen LogP contribution in [0, 0.1) is 5.92 Å². The number of benzene rings is 1. The van der Waals surface area contributed by atoms with Gasteiger partial charge in [0, 0.05) is 56.4 Å². The molecule has 31 heavy (non-hydrogen) atoms. The first-order valence-corrected chi connectivity index (χ1v) is 11.7. The maximum absolute atomic E-state index is 13.1. The van der Waals surface area contributed by atoms with Gasteiger partial charge in [0.05, 0.1) is 5.92 Å². The summed E-state index contributed by atoms with van der Waals surface area (Å²) in [6.07, 6.45) is 4.61. The SMILES string of the molecule is CCN1CCN(C(=O)CCn2cccn2)CC(Cc2ccc(-c3cccs3)cc2)C1=O. The molecule has 2 amide bonds. The first kappa shape index (κ1) is 21.3. The molecule has 162 valence electrons. The van der Waals surface area contributed by atoms with Gasteiger partial charge in [0.25, 0.3) is 0 Å². The van der Waals surface area contributed by atoms with Gasteiger partial charge in [-0.15, -0.1) is 11.3 Å². The van der Waals surface area contributed by atoms with Crippen molar-refractivity contribution >= 4 is 23.2 Å². The van der Waals surface area contributed by atoms with Gasteiger partial charge in [0.1, 0.15) is 0 Å². The fourth-order valence-electron chi connectivity index (χ4n) is 4.07. The second-order valence-corrected chi connectivity index (χ2v) is 8.80. The number of nitrogens with zero attached hydrogens (tertiary/aromatic N) is 4. The number of hydrogen-bond donors (Lipinski definition) is 0. The lowest BCUT2D eigenvalue weighted by atomic mass is 9.96. The third-order valence-corrected chi connectivity index (χ3v) is 6.75. The van der Waals surface area contributed by atoms with Crippen LogP contribution < -0.4 is 0 Å². The van der Waals surface area contributed by atoms with E-state index in [0.29, 0.717) is 45.6 Å². The number of rotatable bonds is 7. The summed E-state index contributed by atoms with van der Waals surface area (Å²) in [5.74, 6) is 0.00944. The van der Waals surface area contributed by atoms with Crippen LogP contribution in [-0.2, 0) is 22.6 Å². The van der Waals surface area contributed by atoms with Crippen molar-refractivity contribution in [3.8, 4) is 10.4 Å². The molecular formula is C24H28N4O2S. The molecule has 1 atom stereocenters. The maximum atomic E-state index is 13.1. The lowest BCUT2D eigenvalue weighted by Crippen LogP contribution is -2.38. The Morgan fingerprint density at radius 3 is 2.68 bits per heavy atom. The van der Waals surface area contributed by atoms with E-state index < -0.39 is 0 Å². The van der Waals surface area contributed by atoms with E-state index in [9.17, 15) is 9.59 Å². The average Bonchev–Trinajstić information content (AvgIpc) is 3.48. The average molecular weight is 437 g/mol. The normalized spacial score (nSPS) is 17.1. The number of carbonyl (C=O) groups is 2. The predicted octanol–water partition coefficient (Wildman–Crippen LogP) is 3.55. The van der Waals surface area contributed by atoms with Crippen molar-refractivity contribution in [1.29, 1.82) is 0 Å². The van der Waals surface area contributed by atoms with Gasteiger partial charge in [-0.2, -0.15) is 5.10 Å². The number of likely N-dealkylation sites (N-methyl/N-ethyl adjacent to an activating group) is 1. The van der Waals surface area contributed by atoms with Gasteiger partial charge in [-0.25, -0.2) is 0 Å². The molecule has 7 heteroatoms. The van der Waals surface area contributed by atoms with Crippen LogP contribution in [0.4, 0.5) is 0 Å². The highest BCUT2D eigenvalue weighted by atomic mass is 32.1. The van der Waals surface area contributed by atoms with Crippen molar-refractivity contribution in [2.75, 3.05) is 26.2 Å². The standard InChI is InChI=1S/C24H28N4O2S/c1-2-26-14-15-27(23(29)10-13-28-12-4-11-25-28)18-21(24(26)30)17-19-6-8-20(9-7-19)22-5-3-16-31-22/h3-9,11-12,16,21H,2,10,13-15,17-18H2,1H3. The highest BCUT2D eigenvalue weighted by molar-refractivity contribution is 7.13. The number of thiophene rings is 1. The summed E-state index contributed by atoms with van der Waals surface area (Å²) in [4.78, 5) is 31.0. The number of hydrogen-bond acceptors (Lipinski definition) is 4. The van der Waals surface area contributed by atoms with Crippen LogP contribution in [0.25, 0.3) is 10.4 Å². The van der Waals surface area contributed by atoms with Gasteiger partial charge in [0.15, 0.2) is 0 Å². The summed E-state index contributed by atoms with van der Waals surface area (Å²) in [5, 5.41) is 6.24. The van der Waals surface area contributed by atoms with E-state index in [1.807, 2.05) is 29.0 Å². The fourth-order valence-corrected chi connectivity index (χ4v) is 4.80. The molecular weight excluding hydrogens is 408 g/mol. The summed E-state index contributed by atoms with van der Waals surface area (Å²) < 4.78 is 1.77. The smallest absolute Gasteiger partial charge is 0.227 e. The van der Waals surface area contributed by atoms with Crippen LogP contribution in [0.15, 0.2) is 60.2 Å². The van der Waals surface area contributed by atoms with Gasteiger partial charge in [-0.05, 0) is 42.0 Å². The van der Waals surface area contributed by atoms with Crippen LogP contribution in [-0.4, -0.2) is 57.6 Å². The van der Waals surface area contributed by atoms with E-state index in [1.165, 1.54) is 10.4 Å². The summed E-state index contributed by atoms with van der Waals surface area (Å²) in [7, 11) is 0. The first-order chi connectivity index (χ1) is 15.1. The minimum atomic E-state index is -0.219. The Hall–Kier alpha value is -2.93. The van der Waals surface area contributed by atoms with Crippen LogP contribution in [0.1, 0.15) is 18.9 Å². The Bertz CT molecular complexity index is 983. The van der Waals surface area contributed by atoms with Gasteiger partial charge >= 0.3 is 0 Å². The van der Waals surface area contributed by atoms with E-state index in [-0.39, 0.29) is 17.7 Å². The zero-order valence-electron chi connectivity index (χ0n) is 17.8. The molecule has 1 aromatic carbocycles. The third-order valence-electron chi connectivity index (χ3n) is 5.83. The second-order valence-electron chi connectivity index (χ2n) is 7.85. The van der Waals surface area contributed by atoms with E-state index in [2.05, 4.69) is 46.9 Å². The lowest BCUT2D eigenvalue weighted by Gasteiger charge is -2.23. The molecule has 2 aromatic heterocycles. The van der Waals surface area contributed by atoms with Gasteiger partial charge in [-0.1, -0.05) is 30.3 Å². The van der Waals surface area contributed by atoms with Crippen molar-refractivity contribution in [1.82, 2.24) is 19.6 Å². The molecule has 0 saturated carbocycles. The van der Waals surface area contributed by atoms with Crippen LogP contribution in [0.3, 0.4) is 0 Å². The molecule has 6 nitrogen and oxygen atoms in total. The van der Waals surface area contributed by atoms with Crippen LogP contribution >= 0.6 is 11.3 Å². The minimum Gasteiger partial charge on any atom is -0.341 e. The van der Waals surface area contributed by atoms with Crippen molar-refractivity contribution < 1.29 is 9.59 Å². The highest BCUT2D eigenvalue weighted by Gasteiger charge is 2.31. The number of aryl methyl sites for hydroxylation is 1. The Morgan fingerprint density at radius 2 is 2.00 bits per heavy atom. The molecule has 1 saturated heterocycles. The number of aromatic nitrogens is 2. The van der Waals surface area contributed by atoms with E-state index in [4.69, 9.17) is 0 Å². The lowest BCUT2D eigenvalue weighted by molar-refractivity contribution is -0.134. The molecule has 1 aliphatic heterocycles. The van der Waals surface area contributed by atoms with Crippen molar-refractivity contribution in [2.45, 2.75) is 26.3 Å². The molecule has 0 bridgehead atoms. The summed E-state index contributed by atoms with van der Waals surface area (Å²) in [5.41, 5.74) is 2.32. The van der Waals surface area contributed by atoms with Crippen LogP contribution in [0.5, 0.6) is 0 Å². The largest absolute Gasteiger partial charge is 0.341 e. The molecule has 3 aromatic rings. The van der Waals surface area contributed by atoms with E-state index in [1.54, 1.807) is 22.2 Å². The summed E-state index contributed by atoms with van der Waals surface area (Å²) in [6, 6.07) is 14.5. The second kappa shape index (κ2) is 9.92. The molecule has 1 fully saturated rings. The van der Waals surface area contributed by atoms with E-state index >= 15 is 0 Å². The van der Waals surface area contributed by atoms with E-state index in [0.717, 1.165) is 5.56 Å². The fraction of sp³-hybridized carbons (Fsp3) is 0.375. The minimum absolute atomic E-state index is 0.0827. The molecule has 0 aliphatic carbocycles. The topological polar surface area (TPSA) is 58.4 Å². The zero-order chi connectivity index (χ0) is 21.6. The third kappa shape index (κ3) is 5.22. The Labute approximate surface area is 187 Å². The number of carbonyl (C=O) groups excluding carboxylic acids is 2. The first-order valence-electron chi connectivity index (χ1n) is 10.8. The molecule has 3 heterocycles. The molecule has 0 spiro atoms. The van der Waals surface area contributed by atoms with Gasteiger partial charge < -0.3 is 9.80 Å². The molecule has 4 rings (SSSR count). The molecule has 1 aliphatic rings. The quantitative estimate of drug-likeness (QED) is 0.569. The predicted molar refractivity (Wildman–Crippen MR) is 123 cm³/mol. The summed E-state index contributed by atoms with van der Waals surface area (Å²) in [6.45, 7) is 4.88. The maximum Gasteiger partial charge on any atom is 0.227 e. The van der Waals surface area contributed by atoms with Gasteiger partial charge in [-0.3, -0.25) is 14.3 Å². The molecule has 0 N–H and O–H groups in total. The molecule has 1 unspecified atom stereocenters. The number of amides is 2. The van der Waals surface area contributed by atoms with Crippen molar-refractivity contribution in [3.05, 3.63) is 65.8 Å². The van der Waals surface area contributed by atoms with Crippen LogP contribution in [0.2, 0.25) is 0 Å². The monoisotopic (exact) mass is 436 g/mol. The summed E-state index contributed by atoms with van der Waals surface area (Å²) >= 11 is 1.72. The highest BCUT2D eigenvalue weighted by Crippen LogP contribution is 2.26. The van der Waals surface area contributed by atoms with Crippen molar-refractivity contribution in [3.63, 3.8) is 0 Å². The Morgan fingerprint density at radius 1 is 1.16 bits per heavy atom. The van der Waals surface area contributed by atoms with Crippen molar-refractivity contribution in [2.24, 2.45) is 5.92 Å². The Kier molecular flexibility index (Phi) is 6.82. The Balaban J connectivity index is 1.44.